The molecular weight excluding hydrogens is 360 g/mol. The molecule has 10 heteroatoms. The normalized spacial score (nSPS) is 18.5. The monoisotopic (exact) mass is 380 g/mol. The van der Waals surface area contributed by atoms with E-state index in [0.29, 0.717) is 24.3 Å². The van der Waals surface area contributed by atoms with Crippen molar-refractivity contribution in [1.82, 2.24) is 14.5 Å². The lowest BCUT2D eigenvalue weighted by Crippen LogP contribution is -2.49. The SMILES string of the molecule is COc1ccc(-c2nnc(NC(=O)C3CCCCN3S(C)(=O)=O)o2)cc1. The van der Waals surface area contributed by atoms with Gasteiger partial charge in [0.2, 0.25) is 21.8 Å². The van der Waals surface area contributed by atoms with Gasteiger partial charge in [-0.3, -0.25) is 10.1 Å². The van der Waals surface area contributed by atoms with Crippen LogP contribution < -0.4 is 10.1 Å². The van der Waals surface area contributed by atoms with Crippen LogP contribution in [0.5, 0.6) is 5.75 Å². The Morgan fingerprint density at radius 3 is 2.65 bits per heavy atom. The minimum Gasteiger partial charge on any atom is -0.497 e. The molecule has 0 spiro atoms. The van der Waals surface area contributed by atoms with Crippen LogP contribution in [0, 0.1) is 0 Å². The number of methoxy groups -OCH3 is 1. The first-order valence-electron chi connectivity index (χ1n) is 8.14. The summed E-state index contributed by atoms with van der Waals surface area (Å²) in [7, 11) is -1.89. The molecule has 2 heterocycles. The molecule has 0 radical (unpaired) electrons. The number of carbonyl (C=O) groups excluding carboxylic acids is 1. The third-order valence-corrected chi connectivity index (χ3v) is 5.46. The topological polar surface area (TPSA) is 115 Å². The number of rotatable bonds is 5. The predicted octanol–water partition coefficient (Wildman–Crippen LogP) is 1.50. The van der Waals surface area contributed by atoms with Gasteiger partial charge < -0.3 is 9.15 Å². The summed E-state index contributed by atoms with van der Waals surface area (Å²) in [5.41, 5.74) is 0.675. The van der Waals surface area contributed by atoms with E-state index in [-0.39, 0.29) is 11.9 Å². The number of aromatic nitrogens is 2. The van der Waals surface area contributed by atoms with Crippen LogP contribution in [-0.4, -0.2) is 54.8 Å². The maximum absolute atomic E-state index is 12.5. The summed E-state index contributed by atoms with van der Waals surface area (Å²) in [4.78, 5) is 12.5. The molecule has 0 bridgehead atoms. The lowest BCUT2D eigenvalue weighted by Gasteiger charge is -2.32. The number of carbonyl (C=O) groups is 1. The second-order valence-corrected chi connectivity index (χ2v) is 7.95. The first-order valence-corrected chi connectivity index (χ1v) is 9.99. The number of nitrogens with zero attached hydrogens (tertiary/aromatic N) is 3. The zero-order valence-electron chi connectivity index (χ0n) is 14.5. The molecule has 1 aromatic heterocycles. The van der Waals surface area contributed by atoms with Gasteiger partial charge in [-0.1, -0.05) is 11.5 Å². The van der Waals surface area contributed by atoms with E-state index in [1.54, 1.807) is 31.4 Å². The fourth-order valence-electron chi connectivity index (χ4n) is 2.88. The molecule has 2 aromatic rings. The van der Waals surface area contributed by atoms with Crippen molar-refractivity contribution in [3.05, 3.63) is 24.3 Å². The second-order valence-electron chi connectivity index (χ2n) is 6.02. The summed E-state index contributed by atoms with van der Waals surface area (Å²) >= 11 is 0. The van der Waals surface area contributed by atoms with Crippen molar-refractivity contribution in [2.75, 3.05) is 25.2 Å². The Hall–Kier alpha value is -2.46. The van der Waals surface area contributed by atoms with E-state index >= 15 is 0 Å². The van der Waals surface area contributed by atoms with Crippen LogP contribution in [0.25, 0.3) is 11.5 Å². The van der Waals surface area contributed by atoms with Gasteiger partial charge in [0.05, 0.1) is 13.4 Å². The largest absolute Gasteiger partial charge is 0.497 e. The Kier molecular flexibility index (Phi) is 5.23. The van der Waals surface area contributed by atoms with Gasteiger partial charge in [0.1, 0.15) is 11.8 Å². The molecule has 0 saturated carbocycles. The van der Waals surface area contributed by atoms with Crippen molar-refractivity contribution >= 4 is 21.9 Å². The van der Waals surface area contributed by atoms with E-state index in [4.69, 9.17) is 9.15 Å². The van der Waals surface area contributed by atoms with Crippen LogP contribution in [0.15, 0.2) is 28.7 Å². The van der Waals surface area contributed by atoms with Gasteiger partial charge in [-0.05, 0) is 37.1 Å². The Labute approximate surface area is 151 Å². The zero-order valence-corrected chi connectivity index (χ0v) is 15.3. The summed E-state index contributed by atoms with van der Waals surface area (Å²) in [5.74, 6) is 0.464. The van der Waals surface area contributed by atoms with Crippen LogP contribution >= 0.6 is 0 Å². The van der Waals surface area contributed by atoms with Crippen molar-refractivity contribution in [2.45, 2.75) is 25.3 Å². The van der Waals surface area contributed by atoms with Gasteiger partial charge in [0.25, 0.3) is 0 Å². The summed E-state index contributed by atoms with van der Waals surface area (Å²) < 4.78 is 35.5. The van der Waals surface area contributed by atoms with Gasteiger partial charge in [0, 0.05) is 12.1 Å². The molecule has 1 unspecified atom stereocenters. The van der Waals surface area contributed by atoms with Gasteiger partial charge in [0.15, 0.2) is 0 Å². The quantitative estimate of drug-likeness (QED) is 0.836. The molecule has 1 amide bonds. The summed E-state index contributed by atoms with van der Waals surface area (Å²) in [6, 6.07) is 6.18. The molecule has 1 aliphatic rings. The highest BCUT2D eigenvalue weighted by molar-refractivity contribution is 7.88. The van der Waals surface area contributed by atoms with Crippen molar-refractivity contribution in [2.24, 2.45) is 0 Å². The van der Waals surface area contributed by atoms with Crippen LogP contribution in [-0.2, 0) is 14.8 Å². The standard InChI is InChI=1S/C16H20N4O5S/c1-24-12-8-6-11(7-9-12)15-18-19-16(25-15)17-14(21)13-5-3-4-10-20(13)26(2,22)23/h6-9,13H,3-5,10H2,1-2H3,(H,17,19,21). The van der Waals surface area contributed by atoms with E-state index in [9.17, 15) is 13.2 Å². The van der Waals surface area contributed by atoms with Crippen molar-refractivity contribution in [1.29, 1.82) is 0 Å². The van der Waals surface area contributed by atoms with Gasteiger partial charge in [-0.25, -0.2) is 8.42 Å². The molecule has 1 fully saturated rings. The first kappa shape index (κ1) is 18.3. The average molecular weight is 380 g/mol. The van der Waals surface area contributed by atoms with E-state index in [2.05, 4.69) is 15.5 Å². The van der Waals surface area contributed by atoms with Crippen LogP contribution in [0.3, 0.4) is 0 Å². The van der Waals surface area contributed by atoms with E-state index in [1.165, 1.54) is 4.31 Å². The minimum atomic E-state index is -3.46. The lowest BCUT2D eigenvalue weighted by atomic mass is 10.0. The van der Waals surface area contributed by atoms with Crippen molar-refractivity contribution < 1.29 is 22.4 Å². The highest BCUT2D eigenvalue weighted by Crippen LogP contribution is 2.24. The van der Waals surface area contributed by atoms with Crippen LogP contribution in [0.2, 0.25) is 0 Å². The number of benzene rings is 1. The predicted molar refractivity (Wildman–Crippen MR) is 94.1 cm³/mol. The lowest BCUT2D eigenvalue weighted by molar-refractivity contribution is -0.120. The Morgan fingerprint density at radius 1 is 1.27 bits per heavy atom. The molecule has 1 aromatic carbocycles. The van der Waals surface area contributed by atoms with Gasteiger partial charge >= 0.3 is 6.01 Å². The molecular formula is C16H20N4O5S. The molecule has 0 aliphatic carbocycles. The van der Waals surface area contributed by atoms with Gasteiger partial charge in [-0.15, -0.1) is 5.10 Å². The molecule has 26 heavy (non-hydrogen) atoms. The number of nitrogens with one attached hydrogen (secondary N) is 1. The molecule has 1 atom stereocenters. The third kappa shape index (κ3) is 4.02. The maximum atomic E-state index is 12.5. The number of sulfonamides is 1. The van der Waals surface area contributed by atoms with Crippen molar-refractivity contribution in [3.8, 4) is 17.2 Å². The average Bonchev–Trinajstić information content (AvgIpc) is 3.09. The smallest absolute Gasteiger partial charge is 0.322 e. The van der Waals surface area contributed by atoms with Gasteiger partial charge in [-0.2, -0.15) is 4.31 Å². The van der Waals surface area contributed by atoms with Crippen LogP contribution in [0.1, 0.15) is 19.3 Å². The van der Waals surface area contributed by atoms with Crippen LogP contribution in [0.4, 0.5) is 6.01 Å². The Morgan fingerprint density at radius 2 is 2.00 bits per heavy atom. The molecule has 9 nitrogen and oxygen atoms in total. The zero-order chi connectivity index (χ0) is 18.7. The number of piperidine rings is 1. The van der Waals surface area contributed by atoms with E-state index in [0.717, 1.165) is 19.1 Å². The molecule has 1 aliphatic heterocycles. The summed E-state index contributed by atoms with van der Waals surface area (Å²) in [6.45, 7) is 0.331. The van der Waals surface area contributed by atoms with Crippen molar-refractivity contribution in [3.63, 3.8) is 0 Å². The number of ether oxygens (including phenoxy) is 1. The number of anilines is 1. The second kappa shape index (κ2) is 7.42. The number of amides is 1. The fraction of sp³-hybridized carbons (Fsp3) is 0.438. The summed E-state index contributed by atoms with van der Waals surface area (Å²) in [5, 5.41) is 10.2. The maximum Gasteiger partial charge on any atom is 0.322 e. The Balaban J connectivity index is 1.72. The fourth-order valence-corrected chi connectivity index (χ4v) is 4.00. The minimum absolute atomic E-state index is 0.0696. The summed E-state index contributed by atoms with van der Waals surface area (Å²) in [6.07, 6.45) is 3.08. The third-order valence-electron chi connectivity index (χ3n) is 4.17. The highest BCUT2D eigenvalue weighted by atomic mass is 32.2. The first-order chi connectivity index (χ1) is 12.4. The van der Waals surface area contributed by atoms with E-state index < -0.39 is 22.0 Å². The molecule has 3 rings (SSSR count). The van der Waals surface area contributed by atoms with E-state index in [1.807, 2.05) is 0 Å². The Bertz CT molecular complexity index is 878. The number of hydrogen-bond acceptors (Lipinski definition) is 7. The highest BCUT2D eigenvalue weighted by Gasteiger charge is 2.35. The number of hydrogen-bond donors (Lipinski definition) is 1. The molecule has 1 N–H and O–H groups in total. The molecule has 140 valence electrons. The molecule has 1 saturated heterocycles.